The molecule has 2 aromatic heterocycles. The Labute approximate surface area is 153 Å². The number of benzene rings is 1. The Balaban J connectivity index is 1.68. The van der Waals surface area contributed by atoms with Gasteiger partial charge >= 0.3 is 0 Å². The lowest BCUT2D eigenvalue weighted by atomic mass is 10.1. The predicted molar refractivity (Wildman–Crippen MR) is 97.9 cm³/mol. The van der Waals surface area contributed by atoms with E-state index >= 15 is 0 Å². The van der Waals surface area contributed by atoms with E-state index in [1.165, 1.54) is 11.3 Å². The number of ether oxygens (including phenoxy) is 1. The minimum atomic E-state index is -1.09. The van der Waals surface area contributed by atoms with E-state index in [2.05, 4.69) is 20.5 Å². The summed E-state index contributed by atoms with van der Waals surface area (Å²) in [6.07, 6.45) is 3.36. The summed E-state index contributed by atoms with van der Waals surface area (Å²) in [7, 11) is 0. The Morgan fingerprint density at radius 3 is 2.48 bits per heavy atom. The van der Waals surface area contributed by atoms with Crippen LogP contribution in [0, 0.1) is 0 Å². The molecule has 3 aromatic rings. The summed E-state index contributed by atoms with van der Waals surface area (Å²) in [6, 6.07) is 10.5. The lowest BCUT2D eigenvalue weighted by Crippen LogP contribution is -2.42. The summed E-state index contributed by atoms with van der Waals surface area (Å²) in [6.45, 7) is 3.36. The first kappa shape index (κ1) is 17.3. The van der Waals surface area contributed by atoms with Crippen LogP contribution in [-0.4, -0.2) is 26.7 Å². The fraction of sp³-hybridized carbons (Fsp3) is 0.176. The van der Waals surface area contributed by atoms with Crippen molar-refractivity contribution in [2.45, 2.75) is 19.4 Å². The largest absolute Gasteiger partial charge is 0.478 e. The van der Waals surface area contributed by atoms with Crippen LogP contribution in [0.4, 0.5) is 5.13 Å². The second-order valence-electron chi connectivity index (χ2n) is 5.67. The average molecular weight is 375 g/mol. The van der Waals surface area contributed by atoms with E-state index in [4.69, 9.17) is 16.3 Å². The fourth-order valence-corrected chi connectivity index (χ4v) is 2.85. The molecule has 0 aliphatic carbocycles. The molecule has 0 aliphatic heterocycles. The summed E-state index contributed by atoms with van der Waals surface area (Å²) in [5.41, 5.74) is -0.194. The van der Waals surface area contributed by atoms with Crippen LogP contribution < -0.4 is 10.1 Å². The maximum absolute atomic E-state index is 12.5. The van der Waals surface area contributed by atoms with E-state index < -0.39 is 5.60 Å². The zero-order valence-electron chi connectivity index (χ0n) is 13.6. The quantitative estimate of drug-likeness (QED) is 0.729. The van der Waals surface area contributed by atoms with Crippen LogP contribution in [0.25, 0.3) is 10.6 Å². The van der Waals surface area contributed by atoms with E-state index in [0.717, 1.165) is 5.56 Å². The molecule has 8 heteroatoms. The lowest BCUT2D eigenvalue weighted by molar-refractivity contribution is -0.128. The van der Waals surface area contributed by atoms with Crippen LogP contribution in [0.15, 0.2) is 48.8 Å². The molecule has 25 heavy (non-hydrogen) atoms. The SMILES string of the molecule is CC(C)(Oc1ccc(Cl)cc1)C(=O)Nc1nnc(-c2ccncc2)s1. The second-order valence-corrected chi connectivity index (χ2v) is 7.08. The Bertz CT molecular complexity index is 866. The van der Waals surface area contributed by atoms with Gasteiger partial charge in [-0.25, -0.2) is 0 Å². The van der Waals surface area contributed by atoms with Gasteiger partial charge in [-0.1, -0.05) is 22.9 Å². The van der Waals surface area contributed by atoms with Gasteiger partial charge in [-0.05, 0) is 50.2 Å². The van der Waals surface area contributed by atoms with E-state index in [0.29, 0.717) is 20.9 Å². The van der Waals surface area contributed by atoms with Gasteiger partial charge in [0.05, 0.1) is 0 Å². The van der Waals surface area contributed by atoms with Crippen molar-refractivity contribution in [2.75, 3.05) is 5.32 Å². The highest BCUT2D eigenvalue weighted by Crippen LogP contribution is 2.27. The molecule has 0 unspecified atom stereocenters. The normalized spacial score (nSPS) is 11.2. The van der Waals surface area contributed by atoms with E-state index in [-0.39, 0.29) is 5.91 Å². The van der Waals surface area contributed by atoms with Gasteiger partial charge in [0, 0.05) is 23.0 Å². The molecule has 6 nitrogen and oxygen atoms in total. The van der Waals surface area contributed by atoms with Gasteiger partial charge in [-0.2, -0.15) is 0 Å². The topological polar surface area (TPSA) is 77.0 Å². The molecule has 1 N–H and O–H groups in total. The molecule has 0 saturated heterocycles. The highest BCUT2D eigenvalue weighted by atomic mass is 35.5. The van der Waals surface area contributed by atoms with Crippen molar-refractivity contribution in [1.82, 2.24) is 15.2 Å². The number of hydrogen-bond donors (Lipinski definition) is 1. The Morgan fingerprint density at radius 1 is 1.12 bits per heavy atom. The smallest absolute Gasteiger partial charge is 0.269 e. The molecule has 1 aromatic carbocycles. The number of nitrogens with zero attached hydrogens (tertiary/aromatic N) is 3. The van der Waals surface area contributed by atoms with Crippen LogP contribution >= 0.6 is 22.9 Å². The summed E-state index contributed by atoms with van der Waals surface area (Å²) in [5, 5.41) is 12.6. The third-order valence-electron chi connectivity index (χ3n) is 3.31. The van der Waals surface area contributed by atoms with Gasteiger partial charge in [0.2, 0.25) is 5.13 Å². The summed E-state index contributed by atoms with van der Waals surface area (Å²) in [5.74, 6) is 0.235. The van der Waals surface area contributed by atoms with Crippen molar-refractivity contribution in [2.24, 2.45) is 0 Å². The summed E-state index contributed by atoms with van der Waals surface area (Å²) >= 11 is 7.14. The van der Waals surface area contributed by atoms with Crippen LogP contribution in [-0.2, 0) is 4.79 Å². The third kappa shape index (κ3) is 4.32. The first-order valence-corrected chi connectivity index (χ1v) is 8.63. The van der Waals surface area contributed by atoms with E-state index in [9.17, 15) is 4.79 Å². The summed E-state index contributed by atoms with van der Waals surface area (Å²) < 4.78 is 5.76. The van der Waals surface area contributed by atoms with Gasteiger partial charge in [0.25, 0.3) is 5.91 Å². The average Bonchev–Trinajstić information content (AvgIpc) is 3.06. The number of carbonyl (C=O) groups is 1. The third-order valence-corrected chi connectivity index (χ3v) is 4.45. The van der Waals surface area contributed by atoms with Crippen LogP contribution in [0.5, 0.6) is 5.75 Å². The van der Waals surface area contributed by atoms with Crippen molar-refractivity contribution in [3.05, 3.63) is 53.8 Å². The lowest BCUT2D eigenvalue weighted by Gasteiger charge is -2.24. The molecule has 1 amide bonds. The van der Waals surface area contributed by atoms with E-state index in [1.54, 1.807) is 50.5 Å². The van der Waals surface area contributed by atoms with E-state index in [1.807, 2.05) is 12.1 Å². The molecule has 128 valence electrons. The monoisotopic (exact) mass is 374 g/mol. The molecule has 0 spiro atoms. The Kier molecular flexibility index (Phi) is 4.96. The van der Waals surface area contributed by atoms with Crippen molar-refractivity contribution < 1.29 is 9.53 Å². The Hall–Kier alpha value is -2.51. The van der Waals surface area contributed by atoms with Gasteiger partial charge in [0.15, 0.2) is 5.60 Å². The van der Waals surface area contributed by atoms with Crippen molar-refractivity contribution in [3.8, 4) is 16.3 Å². The molecule has 0 radical (unpaired) electrons. The second kappa shape index (κ2) is 7.16. The molecule has 0 fully saturated rings. The number of hydrogen-bond acceptors (Lipinski definition) is 6. The first-order valence-electron chi connectivity index (χ1n) is 7.44. The minimum Gasteiger partial charge on any atom is -0.478 e. The number of aromatic nitrogens is 3. The molecule has 0 aliphatic rings. The molecular weight excluding hydrogens is 360 g/mol. The number of pyridine rings is 1. The maximum atomic E-state index is 12.5. The number of nitrogens with one attached hydrogen (secondary N) is 1. The first-order chi connectivity index (χ1) is 11.9. The van der Waals surface area contributed by atoms with Crippen molar-refractivity contribution in [1.29, 1.82) is 0 Å². The number of carbonyl (C=O) groups excluding carboxylic acids is 1. The Morgan fingerprint density at radius 2 is 1.80 bits per heavy atom. The maximum Gasteiger partial charge on any atom is 0.269 e. The van der Waals surface area contributed by atoms with Crippen LogP contribution in [0.2, 0.25) is 5.02 Å². The predicted octanol–water partition coefficient (Wildman–Crippen LogP) is 4.05. The summed E-state index contributed by atoms with van der Waals surface area (Å²) in [4.78, 5) is 16.5. The fourth-order valence-electron chi connectivity index (χ4n) is 1.98. The highest BCUT2D eigenvalue weighted by Gasteiger charge is 2.31. The highest BCUT2D eigenvalue weighted by molar-refractivity contribution is 7.18. The van der Waals surface area contributed by atoms with Gasteiger partial charge in [-0.3, -0.25) is 15.1 Å². The zero-order valence-corrected chi connectivity index (χ0v) is 15.1. The number of anilines is 1. The zero-order chi connectivity index (χ0) is 17.9. The van der Waals surface area contributed by atoms with Crippen molar-refractivity contribution >= 4 is 34.0 Å². The molecule has 0 atom stereocenters. The number of rotatable bonds is 5. The van der Waals surface area contributed by atoms with Gasteiger partial charge < -0.3 is 4.74 Å². The van der Waals surface area contributed by atoms with Crippen LogP contribution in [0.3, 0.4) is 0 Å². The van der Waals surface area contributed by atoms with Gasteiger partial charge in [0.1, 0.15) is 10.8 Å². The number of halogens is 1. The minimum absolute atomic E-state index is 0.320. The van der Waals surface area contributed by atoms with Crippen molar-refractivity contribution in [3.63, 3.8) is 0 Å². The number of amides is 1. The molecule has 0 saturated carbocycles. The van der Waals surface area contributed by atoms with Crippen LogP contribution in [0.1, 0.15) is 13.8 Å². The molecule has 0 bridgehead atoms. The molecular formula is C17H15ClN4O2S. The standard InChI is InChI=1S/C17H15ClN4O2S/c1-17(2,24-13-5-3-12(18)4-6-13)15(23)20-16-22-21-14(25-16)11-7-9-19-10-8-11/h3-10H,1-2H3,(H,20,22,23). The molecule has 3 rings (SSSR count). The van der Waals surface area contributed by atoms with Gasteiger partial charge in [-0.15, -0.1) is 10.2 Å². The molecule has 2 heterocycles.